The summed E-state index contributed by atoms with van der Waals surface area (Å²) in [6.07, 6.45) is 1.74. The maximum Gasteiger partial charge on any atom is 0.231 e. The van der Waals surface area contributed by atoms with E-state index in [9.17, 15) is 23.2 Å². The first-order chi connectivity index (χ1) is 20.7. The molecule has 0 radical (unpaired) electrons. The molecule has 0 aliphatic rings. The summed E-state index contributed by atoms with van der Waals surface area (Å²) in [7, 11) is 3.45. The van der Waals surface area contributed by atoms with Crippen LogP contribution in [0.3, 0.4) is 0 Å². The second-order valence-corrected chi connectivity index (χ2v) is 10.3. The number of nitrogens with one attached hydrogen (secondary N) is 1. The lowest BCUT2D eigenvalue weighted by atomic mass is 10.0. The number of rotatable bonds is 10. The van der Waals surface area contributed by atoms with Gasteiger partial charge < -0.3 is 19.5 Å². The lowest BCUT2D eigenvalue weighted by molar-refractivity contribution is -0.118. The monoisotopic (exact) mass is 582 g/mol. The molecule has 1 aromatic heterocycles. The van der Waals surface area contributed by atoms with Crippen LogP contribution >= 0.6 is 0 Å². The largest absolute Gasteiger partial charge is 0.497 e. The molecular weight excluding hydrogens is 553 g/mol. The number of hydrogen-bond acceptors (Lipinski definition) is 4. The summed E-state index contributed by atoms with van der Waals surface area (Å²) in [6, 6.07) is 23.1. The third-order valence-electron chi connectivity index (χ3n) is 7.37. The summed E-state index contributed by atoms with van der Waals surface area (Å²) in [5.74, 6) is -1.46. The number of halogens is 3. The third-order valence-corrected chi connectivity index (χ3v) is 7.37. The van der Waals surface area contributed by atoms with Crippen LogP contribution in [-0.4, -0.2) is 37.6 Å². The molecule has 1 unspecified atom stereocenters. The second kappa shape index (κ2) is 12.7. The summed E-state index contributed by atoms with van der Waals surface area (Å²) in [4.78, 5) is 20.9. The van der Waals surface area contributed by atoms with E-state index in [0.29, 0.717) is 45.6 Å². The highest BCUT2D eigenvalue weighted by Gasteiger charge is 2.28. The number of nitriles is 1. The first-order valence-electron chi connectivity index (χ1n) is 13.6. The van der Waals surface area contributed by atoms with Gasteiger partial charge >= 0.3 is 0 Å². The standard InChI is InChI=1S/C34H29F3N4O2/c1-40(28-8-10-31(43-2)11-9-28)21-30(15-23-13-26(36)17-27(37)14-23)41(29-6-3-22(19-38)4-7-29)34(42)16-24-20-39-33-12-5-25(35)18-32(24)33/h3-14,17-18,20,30,39H,15-16,21H2,1-2H3. The highest BCUT2D eigenvalue weighted by atomic mass is 19.1. The Morgan fingerprint density at radius 2 is 1.58 bits per heavy atom. The highest BCUT2D eigenvalue weighted by Crippen LogP contribution is 2.27. The SMILES string of the molecule is COc1ccc(N(C)CC(Cc2cc(F)cc(F)c2)N(C(=O)Cc2c[nH]c3ccc(F)cc23)c2ccc(C#N)cc2)cc1. The van der Waals surface area contributed by atoms with E-state index in [1.807, 2.05) is 36.2 Å². The molecule has 9 heteroatoms. The molecule has 1 N–H and O–H groups in total. The number of carbonyl (C=O) groups is 1. The van der Waals surface area contributed by atoms with Crippen LogP contribution in [0.5, 0.6) is 5.75 Å². The first kappa shape index (κ1) is 29.3. The molecule has 0 fully saturated rings. The van der Waals surface area contributed by atoms with Gasteiger partial charge in [-0.1, -0.05) is 0 Å². The molecule has 1 amide bonds. The fraction of sp³-hybridized carbons (Fsp3) is 0.176. The topological polar surface area (TPSA) is 72.4 Å². The Morgan fingerprint density at radius 1 is 0.907 bits per heavy atom. The normalized spacial score (nSPS) is 11.6. The summed E-state index contributed by atoms with van der Waals surface area (Å²) in [6.45, 7) is 0.290. The van der Waals surface area contributed by atoms with E-state index in [-0.39, 0.29) is 18.7 Å². The van der Waals surface area contributed by atoms with Crippen LogP contribution in [0, 0.1) is 28.8 Å². The molecule has 0 saturated heterocycles. The number of methoxy groups -OCH3 is 1. The van der Waals surface area contributed by atoms with Crippen molar-refractivity contribution in [1.29, 1.82) is 5.26 Å². The molecule has 6 nitrogen and oxygen atoms in total. The van der Waals surface area contributed by atoms with Gasteiger partial charge in [0.15, 0.2) is 0 Å². The van der Waals surface area contributed by atoms with Crippen LogP contribution < -0.4 is 14.5 Å². The number of aromatic nitrogens is 1. The molecular formula is C34H29F3N4O2. The van der Waals surface area contributed by atoms with Gasteiger partial charge in [-0.2, -0.15) is 5.26 Å². The average molecular weight is 583 g/mol. The van der Waals surface area contributed by atoms with Gasteiger partial charge in [0.2, 0.25) is 5.91 Å². The van der Waals surface area contributed by atoms with Gasteiger partial charge in [-0.3, -0.25) is 4.79 Å². The number of likely N-dealkylation sites (N-methyl/N-ethyl adjacent to an activating group) is 1. The van der Waals surface area contributed by atoms with Gasteiger partial charge in [0, 0.05) is 48.1 Å². The second-order valence-electron chi connectivity index (χ2n) is 10.3. The number of nitrogens with zero attached hydrogens (tertiary/aromatic N) is 3. The molecule has 1 heterocycles. The molecule has 0 spiro atoms. The number of fused-ring (bicyclic) bond motifs is 1. The third kappa shape index (κ3) is 6.81. The zero-order valence-corrected chi connectivity index (χ0v) is 23.7. The van der Waals surface area contributed by atoms with Gasteiger partial charge in [0.25, 0.3) is 0 Å². The number of amides is 1. The van der Waals surface area contributed by atoms with Crippen molar-refractivity contribution >= 4 is 28.2 Å². The van der Waals surface area contributed by atoms with E-state index in [0.717, 1.165) is 11.8 Å². The Morgan fingerprint density at radius 3 is 2.23 bits per heavy atom. The van der Waals surface area contributed by atoms with Gasteiger partial charge in [-0.25, -0.2) is 13.2 Å². The minimum Gasteiger partial charge on any atom is -0.497 e. The fourth-order valence-electron chi connectivity index (χ4n) is 5.30. The van der Waals surface area contributed by atoms with Gasteiger partial charge in [-0.05, 0) is 96.4 Å². The maximum absolute atomic E-state index is 14.3. The number of hydrogen-bond donors (Lipinski definition) is 1. The summed E-state index contributed by atoms with van der Waals surface area (Å²) >= 11 is 0. The van der Waals surface area contributed by atoms with Crippen molar-refractivity contribution < 1.29 is 22.7 Å². The molecule has 0 saturated carbocycles. The number of ether oxygens (including phenoxy) is 1. The van der Waals surface area contributed by atoms with Crippen LogP contribution in [0.4, 0.5) is 24.5 Å². The van der Waals surface area contributed by atoms with E-state index >= 15 is 0 Å². The number of aromatic amines is 1. The molecule has 5 rings (SSSR count). The molecule has 0 aliphatic carbocycles. The molecule has 4 aromatic carbocycles. The van der Waals surface area contributed by atoms with Crippen molar-refractivity contribution in [2.45, 2.75) is 18.9 Å². The molecule has 1 atom stereocenters. The van der Waals surface area contributed by atoms with E-state index < -0.39 is 23.5 Å². The predicted molar refractivity (Wildman–Crippen MR) is 161 cm³/mol. The molecule has 0 aliphatic heterocycles. The maximum atomic E-state index is 14.3. The van der Waals surface area contributed by atoms with Crippen molar-refractivity contribution in [2.75, 3.05) is 30.5 Å². The van der Waals surface area contributed by atoms with Crippen molar-refractivity contribution in [3.05, 3.63) is 125 Å². The number of anilines is 2. The summed E-state index contributed by atoms with van der Waals surface area (Å²) < 4.78 is 47.9. The Balaban J connectivity index is 1.56. The number of carbonyl (C=O) groups excluding carboxylic acids is 1. The smallest absolute Gasteiger partial charge is 0.231 e. The van der Waals surface area contributed by atoms with E-state index in [2.05, 4.69) is 11.1 Å². The minimum absolute atomic E-state index is 0.0658. The van der Waals surface area contributed by atoms with Crippen LogP contribution in [0.15, 0.2) is 91.1 Å². The first-order valence-corrected chi connectivity index (χ1v) is 13.6. The van der Waals surface area contributed by atoms with Crippen molar-refractivity contribution in [3.63, 3.8) is 0 Å². The number of benzene rings is 4. The number of H-pyrrole nitrogens is 1. The lowest BCUT2D eigenvalue weighted by Crippen LogP contribution is -2.48. The van der Waals surface area contributed by atoms with Crippen LogP contribution in [0.2, 0.25) is 0 Å². The Kier molecular flexibility index (Phi) is 8.67. The van der Waals surface area contributed by atoms with Crippen molar-refractivity contribution in [3.8, 4) is 11.8 Å². The lowest BCUT2D eigenvalue weighted by Gasteiger charge is -2.36. The van der Waals surface area contributed by atoms with Gasteiger partial charge in [0.1, 0.15) is 23.2 Å². The van der Waals surface area contributed by atoms with E-state index in [1.165, 1.54) is 24.3 Å². The van der Waals surface area contributed by atoms with E-state index in [4.69, 9.17) is 4.74 Å². The van der Waals surface area contributed by atoms with Crippen LogP contribution in [0.25, 0.3) is 10.9 Å². The fourth-order valence-corrected chi connectivity index (χ4v) is 5.30. The quantitative estimate of drug-likeness (QED) is 0.197. The van der Waals surface area contributed by atoms with Gasteiger partial charge in [0.05, 0.1) is 31.2 Å². The Bertz CT molecular complexity index is 1760. The Hall–Kier alpha value is -5.23. The summed E-state index contributed by atoms with van der Waals surface area (Å²) in [5.41, 5.74) is 3.46. The Labute approximate surface area is 247 Å². The van der Waals surface area contributed by atoms with E-state index in [1.54, 1.807) is 48.5 Å². The molecule has 218 valence electrons. The molecule has 0 bridgehead atoms. The minimum atomic E-state index is -0.714. The summed E-state index contributed by atoms with van der Waals surface area (Å²) in [5, 5.41) is 9.95. The zero-order valence-electron chi connectivity index (χ0n) is 23.7. The predicted octanol–water partition coefficient (Wildman–Crippen LogP) is 6.79. The van der Waals surface area contributed by atoms with Crippen LogP contribution in [-0.2, 0) is 17.6 Å². The molecule has 5 aromatic rings. The van der Waals surface area contributed by atoms with Crippen LogP contribution in [0.1, 0.15) is 16.7 Å². The van der Waals surface area contributed by atoms with Gasteiger partial charge in [-0.15, -0.1) is 0 Å². The average Bonchev–Trinajstić information content (AvgIpc) is 3.38. The highest BCUT2D eigenvalue weighted by molar-refractivity contribution is 5.98. The molecule has 43 heavy (non-hydrogen) atoms. The van der Waals surface area contributed by atoms with Crippen molar-refractivity contribution in [1.82, 2.24) is 4.98 Å². The van der Waals surface area contributed by atoms with Crippen molar-refractivity contribution in [2.24, 2.45) is 0 Å². The zero-order chi connectivity index (χ0) is 30.5.